The van der Waals surface area contributed by atoms with Crippen LogP contribution in [-0.4, -0.2) is 38.8 Å². The van der Waals surface area contributed by atoms with Crippen molar-refractivity contribution in [1.82, 2.24) is 24.9 Å². The van der Waals surface area contributed by atoms with E-state index in [-0.39, 0.29) is 6.10 Å². The minimum absolute atomic E-state index is 0.173. The molecule has 1 aromatic carbocycles. The summed E-state index contributed by atoms with van der Waals surface area (Å²) in [5, 5.41) is 13.8. The molecule has 2 fully saturated rings. The van der Waals surface area contributed by atoms with Gasteiger partial charge in [0.2, 0.25) is 0 Å². The van der Waals surface area contributed by atoms with Gasteiger partial charge in [0.15, 0.2) is 0 Å². The van der Waals surface area contributed by atoms with Crippen LogP contribution in [0.15, 0.2) is 24.5 Å². The van der Waals surface area contributed by atoms with E-state index in [4.69, 9.17) is 9.84 Å². The minimum Gasteiger partial charge on any atom is -0.490 e. The number of nitrogens with one attached hydrogen (secondary N) is 1. The van der Waals surface area contributed by atoms with Gasteiger partial charge < -0.3 is 10.1 Å². The van der Waals surface area contributed by atoms with Gasteiger partial charge in [-0.25, -0.2) is 0 Å². The average molecular weight is 365 g/mol. The van der Waals surface area contributed by atoms with Crippen molar-refractivity contribution in [3.63, 3.8) is 0 Å². The topological polar surface area (TPSA) is 56.9 Å². The van der Waals surface area contributed by atoms with Gasteiger partial charge >= 0.3 is 0 Å². The summed E-state index contributed by atoms with van der Waals surface area (Å²) in [6.45, 7) is 6.41. The predicted molar refractivity (Wildman–Crippen MR) is 106 cm³/mol. The highest BCUT2D eigenvalue weighted by molar-refractivity contribution is 5.92. The third-order valence-electron chi connectivity index (χ3n) is 6.12. The van der Waals surface area contributed by atoms with Crippen molar-refractivity contribution in [3.05, 3.63) is 30.2 Å². The van der Waals surface area contributed by atoms with Crippen LogP contribution in [0.3, 0.4) is 0 Å². The lowest BCUT2D eigenvalue weighted by Crippen LogP contribution is -2.25. The van der Waals surface area contributed by atoms with E-state index in [1.807, 2.05) is 17.9 Å². The molecule has 27 heavy (non-hydrogen) atoms. The normalized spacial score (nSPS) is 21.1. The fraction of sp³-hybridized carbons (Fsp3) is 0.524. The van der Waals surface area contributed by atoms with Crippen molar-refractivity contribution in [1.29, 1.82) is 0 Å². The number of aromatic nitrogens is 4. The summed E-state index contributed by atoms with van der Waals surface area (Å²) in [7, 11) is 1.99. The van der Waals surface area contributed by atoms with Crippen LogP contribution >= 0.6 is 0 Å². The fourth-order valence-electron chi connectivity index (χ4n) is 4.10. The maximum Gasteiger partial charge on any atom is 0.131 e. The summed E-state index contributed by atoms with van der Waals surface area (Å²) in [5.41, 5.74) is 4.38. The quantitative estimate of drug-likeness (QED) is 0.752. The third kappa shape index (κ3) is 3.02. The highest BCUT2D eigenvalue weighted by Crippen LogP contribution is 2.38. The van der Waals surface area contributed by atoms with Crippen LogP contribution in [0.1, 0.15) is 37.9 Å². The second kappa shape index (κ2) is 6.37. The van der Waals surface area contributed by atoms with E-state index in [0.717, 1.165) is 46.6 Å². The number of fused-ring (bicyclic) bond motifs is 1. The molecular weight excluding hydrogens is 338 g/mol. The number of rotatable bonds is 5. The third-order valence-corrected chi connectivity index (χ3v) is 6.12. The van der Waals surface area contributed by atoms with E-state index < -0.39 is 0 Å². The van der Waals surface area contributed by atoms with Gasteiger partial charge in [-0.05, 0) is 57.4 Å². The van der Waals surface area contributed by atoms with Crippen molar-refractivity contribution < 1.29 is 4.74 Å². The molecule has 2 atom stereocenters. The molecule has 6 nitrogen and oxygen atoms in total. The summed E-state index contributed by atoms with van der Waals surface area (Å²) in [6.07, 6.45) is 7.94. The van der Waals surface area contributed by atoms with Crippen LogP contribution in [0.4, 0.5) is 0 Å². The minimum atomic E-state index is 0.173. The van der Waals surface area contributed by atoms with Crippen LogP contribution in [-0.2, 0) is 7.05 Å². The average Bonchev–Trinajstić information content (AvgIpc) is 3.08. The number of hydrogen-bond acceptors (Lipinski definition) is 4. The van der Waals surface area contributed by atoms with Gasteiger partial charge in [0.05, 0.1) is 29.2 Å². The van der Waals surface area contributed by atoms with E-state index in [2.05, 4.69) is 47.3 Å². The molecule has 3 heterocycles. The van der Waals surface area contributed by atoms with Gasteiger partial charge in [-0.2, -0.15) is 10.2 Å². The van der Waals surface area contributed by atoms with Crippen molar-refractivity contribution in [3.8, 4) is 16.9 Å². The van der Waals surface area contributed by atoms with Crippen LogP contribution in [0.2, 0.25) is 0 Å². The molecule has 3 aromatic rings. The van der Waals surface area contributed by atoms with Crippen LogP contribution in [0, 0.1) is 12.8 Å². The Bertz CT molecular complexity index is 978. The standard InChI is InChI=1S/C21H27N5O/c1-13-21-19(24-25(13)3)8-16(17-11-23-26(12-17)18-4-5-18)9-20(21)27-14(2)15-6-7-22-10-15/h8-9,11-12,14-15,18,22H,4-7,10H2,1-3H3/t14-,15-/m1/s1. The Morgan fingerprint density at radius 1 is 1.22 bits per heavy atom. The van der Waals surface area contributed by atoms with Crippen LogP contribution < -0.4 is 10.1 Å². The Morgan fingerprint density at radius 3 is 2.81 bits per heavy atom. The number of ether oxygens (including phenoxy) is 1. The predicted octanol–water partition coefficient (Wildman–Crippen LogP) is 3.46. The number of nitrogens with zero attached hydrogens (tertiary/aromatic N) is 4. The highest BCUT2D eigenvalue weighted by Gasteiger charge is 2.26. The molecule has 1 aliphatic heterocycles. The summed E-state index contributed by atoms with van der Waals surface area (Å²) < 4.78 is 10.5. The molecule has 1 saturated heterocycles. The maximum absolute atomic E-state index is 6.51. The first-order valence-electron chi connectivity index (χ1n) is 9.99. The first kappa shape index (κ1) is 16.8. The molecule has 0 amide bonds. The molecular formula is C21H27N5O. The number of hydrogen-bond donors (Lipinski definition) is 1. The molecule has 0 radical (unpaired) electrons. The Hall–Kier alpha value is -2.34. The van der Waals surface area contributed by atoms with Gasteiger partial charge in [0, 0.05) is 37.0 Å². The second-order valence-corrected chi connectivity index (χ2v) is 8.09. The van der Waals surface area contributed by atoms with Gasteiger partial charge in [0.1, 0.15) is 5.75 Å². The summed E-state index contributed by atoms with van der Waals surface area (Å²) in [5.74, 6) is 1.49. The smallest absolute Gasteiger partial charge is 0.131 e. The molecule has 5 rings (SSSR count). The monoisotopic (exact) mass is 365 g/mol. The summed E-state index contributed by atoms with van der Waals surface area (Å²) in [6, 6.07) is 4.92. The SMILES string of the molecule is Cc1c2c(O[C@H](C)[C@@H]3CCNC3)cc(-c3cnn(C4CC4)c3)cc2nn1C. The lowest BCUT2D eigenvalue weighted by molar-refractivity contribution is 0.163. The van der Waals surface area contributed by atoms with E-state index in [9.17, 15) is 0 Å². The van der Waals surface area contributed by atoms with Crippen LogP contribution in [0.25, 0.3) is 22.0 Å². The van der Waals surface area contributed by atoms with E-state index in [1.54, 1.807) is 0 Å². The Kier molecular flexibility index (Phi) is 3.97. The number of aryl methyl sites for hydroxylation is 2. The first-order valence-corrected chi connectivity index (χ1v) is 9.99. The molecule has 2 aromatic heterocycles. The Balaban J connectivity index is 1.55. The zero-order chi connectivity index (χ0) is 18.5. The molecule has 0 bridgehead atoms. The molecule has 142 valence electrons. The second-order valence-electron chi connectivity index (χ2n) is 8.09. The Labute approximate surface area is 159 Å². The van der Waals surface area contributed by atoms with Gasteiger partial charge in [-0.3, -0.25) is 9.36 Å². The van der Waals surface area contributed by atoms with Crippen molar-refractivity contribution >= 4 is 10.9 Å². The Morgan fingerprint density at radius 2 is 2.07 bits per heavy atom. The lowest BCUT2D eigenvalue weighted by atomic mass is 10.0. The number of benzene rings is 1. The largest absolute Gasteiger partial charge is 0.490 e. The molecule has 1 aliphatic carbocycles. The molecule has 2 aliphatic rings. The van der Waals surface area contributed by atoms with Crippen molar-refractivity contribution in [2.45, 2.75) is 45.3 Å². The molecule has 0 spiro atoms. The van der Waals surface area contributed by atoms with Crippen molar-refractivity contribution in [2.24, 2.45) is 13.0 Å². The van der Waals surface area contributed by atoms with Gasteiger partial charge in [-0.15, -0.1) is 0 Å². The fourth-order valence-corrected chi connectivity index (χ4v) is 4.10. The summed E-state index contributed by atoms with van der Waals surface area (Å²) in [4.78, 5) is 0. The summed E-state index contributed by atoms with van der Waals surface area (Å²) >= 11 is 0. The molecule has 1 N–H and O–H groups in total. The zero-order valence-corrected chi connectivity index (χ0v) is 16.3. The van der Waals surface area contributed by atoms with E-state index in [1.165, 1.54) is 19.3 Å². The maximum atomic E-state index is 6.51. The van der Waals surface area contributed by atoms with E-state index >= 15 is 0 Å². The molecule has 0 unspecified atom stereocenters. The van der Waals surface area contributed by atoms with E-state index in [0.29, 0.717) is 12.0 Å². The molecule has 1 saturated carbocycles. The van der Waals surface area contributed by atoms with Gasteiger partial charge in [-0.1, -0.05) is 0 Å². The molecule has 6 heteroatoms. The first-order chi connectivity index (χ1) is 13.1. The zero-order valence-electron chi connectivity index (χ0n) is 16.3. The lowest BCUT2D eigenvalue weighted by Gasteiger charge is -2.21. The van der Waals surface area contributed by atoms with Crippen LogP contribution in [0.5, 0.6) is 5.75 Å². The van der Waals surface area contributed by atoms with Gasteiger partial charge in [0.25, 0.3) is 0 Å². The van der Waals surface area contributed by atoms with Crippen molar-refractivity contribution in [2.75, 3.05) is 13.1 Å². The highest BCUT2D eigenvalue weighted by atomic mass is 16.5.